The van der Waals surface area contributed by atoms with E-state index in [2.05, 4.69) is 57.0 Å². The van der Waals surface area contributed by atoms with Crippen molar-refractivity contribution in [3.8, 4) is 0 Å². The van der Waals surface area contributed by atoms with Gasteiger partial charge in [0.15, 0.2) is 0 Å². The molecule has 0 aliphatic carbocycles. The molecule has 0 aromatic carbocycles. The predicted octanol–water partition coefficient (Wildman–Crippen LogP) is 3.51. The van der Waals surface area contributed by atoms with Gasteiger partial charge in [0.05, 0.1) is 0 Å². The second-order valence-electron chi connectivity index (χ2n) is 7.01. The molecule has 0 bridgehead atoms. The van der Waals surface area contributed by atoms with E-state index >= 15 is 0 Å². The van der Waals surface area contributed by atoms with Gasteiger partial charge in [-0.1, -0.05) is 19.9 Å². The minimum atomic E-state index is 0.247. The van der Waals surface area contributed by atoms with E-state index in [4.69, 9.17) is 4.98 Å². The van der Waals surface area contributed by atoms with Crippen LogP contribution in [0.2, 0.25) is 0 Å². The maximum absolute atomic E-state index is 4.83. The molecule has 0 spiro atoms. The smallest absolute Gasteiger partial charge is 0.129 e. The summed E-state index contributed by atoms with van der Waals surface area (Å²) in [6.07, 6.45) is 2.52. The number of hydrogen-bond donors (Lipinski definition) is 1. The van der Waals surface area contributed by atoms with E-state index in [0.29, 0.717) is 5.92 Å². The van der Waals surface area contributed by atoms with Crippen molar-refractivity contribution in [3.63, 3.8) is 0 Å². The van der Waals surface area contributed by atoms with Gasteiger partial charge in [-0.25, -0.2) is 4.98 Å². The summed E-state index contributed by atoms with van der Waals surface area (Å²) in [5, 5.41) is 3.49. The van der Waals surface area contributed by atoms with E-state index in [1.165, 1.54) is 18.4 Å². The summed E-state index contributed by atoms with van der Waals surface area (Å²) in [5.74, 6) is 1.82. The zero-order chi connectivity index (χ0) is 14.8. The Bertz CT molecular complexity index is 452. The van der Waals surface area contributed by atoms with Crippen LogP contribution in [0.1, 0.15) is 51.8 Å². The molecule has 3 nitrogen and oxygen atoms in total. The fraction of sp³-hybridized carbons (Fsp3) is 0.706. The van der Waals surface area contributed by atoms with Crippen LogP contribution in [-0.2, 0) is 6.54 Å². The van der Waals surface area contributed by atoms with E-state index in [0.717, 1.165) is 31.1 Å². The van der Waals surface area contributed by atoms with Crippen molar-refractivity contribution < 1.29 is 0 Å². The Balaban J connectivity index is 2.06. The summed E-state index contributed by atoms with van der Waals surface area (Å²) in [6, 6.07) is 4.42. The largest absolute Gasteiger partial charge is 0.351 e. The molecule has 2 rings (SSSR count). The molecule has 2 heterocycles. The first-order valence-corrected chi connectivity index (χ1v) is 7.85. The molecule has 1 aromatic heterocycles. The van der Waals surface area contributed by atoms with E-state index in [1.54, 1.807) is 0 Å². The van der Waals surface area contributed by atoms with Gasteiger partial charge >= 0.3 is 0 Å². The number of pyridine rings is 1. The Morgan fingerprint density at radius 3 is 2.65 bits per heavy atom. The third-order valence-electron chi connectivity index (χ3n) is 4.23. The molecule has 0 radical (unpaired) electrons. The molecule has 1 aromatic rings. The molecule has 0 atom stereocenters. The molecule has 20 heavy (non-hydrogen) atoms. The average Bonchev–Trinajstić information content (AvgIpc) is 2.70. The summed E-state index contributed by atoms with van der Waals surface area (Å²) in [6.45, 7) is 14.3. The number of rotatable bonds is 5. The highest BCUT2D eigenvalue weighted by atomic mass is 15.3. The standard InChI is InChI=1S/C17H29N3/c1-13(2)11-18-12-15-7-8-16(19-14(15)3)20-10-6-9-17(20,4)5/h7-8,13,18H,6,9-12H2,1-5H3. The number of nitrogens with zero attached hydrogens (tertiary/aromatic N) is 2. The summed E-state index contributed by atoms with van der Waals surface area (Å²) in [7, 11) is 0. The number of aromatic nitrogens is 1. The van der Waals surface area contributed by atoms with Gasteiger partial charge in [-0.3, -0.25) is 0 Å². The Morgan fingerprint density at radius 1 is 1.35 bits per heavy atom. The lowest BCUT2D eigenvalue weighted by atomic mass is 10.0. The van der Waals surface area contributed by atoms with Crippen LogP contribution in [0.15, 0.2) is 12.1 Å². The topological polar surface area (TPSA) is 28.2 Å². The average molecular weight is 275 g/mol. The maximum Gasteiger partial charge on any atom is 0.129 e. The van der Waals surface area contributed by atoms with Gasteiger partial charge < -0.3 is 10.2 Å². The fourth-order valence-electron chi connectivity index (χ4n) is 2.94. The van der Waals surface area contributed by atoms with Crippen molar-refractivity contribution in [2.75, 3.05) is 18.0 Å². The fourth-order valence-corrected chi connectivity index (χ4v) is 2.94. The highest BCUT2D eigenvalue weighted by Gasteiger charge is 2.32. The highest BCUT2D eigenvalue weighted by molar-refractivity contribution is 5.45. The molecule has 1 fully saturated rings. The van der Waals surface area contributed by atoms with Crippen LogP contribution in [-0.4, -0.2) is 23.6 Å². The molecule has 0 saturated carbocycles. The van der Waals surface area contributed by atoms with Crippen molar-refractivity contribution in [1.82, 2.24) is 10.3 Å². The van der Waals surface area contributed by atoms with Crippen molar-refractivity contribution in [2.24, 2.45) is 5.92 Å². The Labute approximate surface area is 123 Å². The van der Waals surface area contributed by atoms with Crippen LogP contribution in [0, 0.1) is 12.8 Å². The van der Waals surface area contributed by atoms with Crippen LogP contribution < -0.4 is 10.2 Å². The van der Waals surface area contributed by atoms with Crippen LogP contribution in [0.5, 0.6) is 0 Å². The molecule has 3 heteroatoms. The van der Waals surface area contributed by atoms with E-state index in [1.807, 2.05) is 0 Å². The second-order valence-corrected chi connectivity index (χ2v) is 7.01. The Hall–Kier alpha value is -1.09. The summed E-state index contributed by atoms with van der Waals surface area (Å²) >= 11 is 0. The normalized spacial score (nSPS) is 18.0. The lowest BCUT2D eigenvalue weighted by Crippen LogP contribution is -2.38. The van der Waals surface area contributed by atoms with Crippen molar-refractivity contribution >= 4 is 5.82 Å². The van der Waals surface area contributed by atoms with Gasteiger partial charge in [0.2, 0.25) is 0 Å². The molecule has 112 valence electrons. The van der Waals surface area contributed by atoms with E-state index in [9.17, 15) is 0 Å². The quantitative estimate of drug-likeness (QED) is 0.891. The van der Waals surface area contributed by atoms with Gasteiger partial charge in [0, 0.05) is 24.3 Å². The SMILES string of the molecule is Cc1nc(N2CCCC2(C)C)ccc1CNCC(C)C. The molecular formula is C17H29N3. The molecular weight excluding hydrogens is 246 g/mol. The van der Waals surface area contributed by atoms with Gasteiger partial charge in [0.25, 0.3) is 0 Å². The molecule has 1 aliphatic rings. The van der Waals surface area contributed by atoms with Crippen LogP contribution in [0.25, 0.3) is 0 Å². The first-order chi connectivity index (χ1) is 9.40. The molecule has 1 aliphatic heterocycles. The Kier molecular flexibility index (Phi) is 4.69. The third kappa shape index (κ3) is 3.51. The van der Waals surface area contributed by atoms with Crippen LogP contribution in [0.4, 0.5) is 5.82 Å². The maximum atomic E-state index is 4.83. The summed E-state index contributed by atoms with van der Waals surface area (Å²) in [4.78, 5) is 7.28. The molecule has 1 saturated heterocycles. The molecule has 0 unspecified atom stereocenters. The Morgan fingerprint density at radius 2 is 2.10 bits per heavy atom. The zero-order valence-electron chi connectivity index (χ0n) is 13.7. The first-order valence-electron chi connectivity index (χ1n) is 7.85. The highest BCUT2D eigenvalue weighted by Crippen LogP contribution is 2.32. The minimum Gasteiger partial charge on any atom is -0.351 e. The van der Waals surface area contributed by atoms with Crippen LogP contribution in [0.3, 0.4) is 0 Å². The van der Waals surface area contributed by atoms with Crippen molar-refractivity contribution in [1.29, 1.82) is 0 Å². The first kappa shape index (κ1) is 15.3. The van der Waals surface area contributed by atoms with Gasteiger partial charge in [-0.15, -0.1) is 0 Å². The summed E-state index contributed by atoms with van der Waals surface area (Å²) < 4.78 is 0. The number of aryl methyl sites for hydroxylation is 1. The molecule has 0 amide bonds. The second kappa shape index (κ2) is 6.13. The van der Waals surface area contributed by atoms with Crippen LogP contribution >= 0.6 is 0 Å². The minimum absolute atomic E-state index is 0.247. The third-order valence-corrected chi connectivity index (χ3v) is 4.23. The van der Waals surface area contributed by atoms with Crippen molar-refractivity contribution in [2.45, 2.75) is 59.5 Å². The molecule has 1 N–H and O–H groups in total. The van der Waals surface area contributed by atoms with Gasteiger partial charge in [-0.2, -0.15) is 0 Å². The van der Waals surface area contributed by atoms with Gasteiger partial charge in [0.1, 0.15) is 5.82 Å². The lowest BCUT2D eigenvalue weighted by molar-refractivity contribution is 0.513. The van der Waals surface area contributed by atoms with E-state index < -0.39 is 0 Å². The van der Waals surface area contributed by atoms with Gasteiger partial charge in [-0.05, 0) is 57.7 Å². The zero-order valence-corrected chi connectivity index (χ0v) is 13.7. The summed E-state index contributed by atoms with van der Waals surface area (Å²) in [5.41, 5.74) is 2.71. The number of anilines is 1. The van der Waals surface area contributed by atoms with Crippen molar-refractivity contribution in [3.05, 3.63) is 23.4 Å². The lowest BCUT2D eigenvalue weighted by Gasteiger charge is -2.33. The monoisotopic (exact) mass is 275 g/mol. The number of hydrogen-bond acceptors (Lipinski definition) is 3. The number of nitrogens with one attached hydrogen (secondary N) is 1. The predicted molar refractivity (Wildman–Crippen MR) is 86.2 cm³/mol. The van der Waals surface area contributed by atoms with E-state index in [-0.39, 0.29) is 5.54 Å².